The van der Waals surface area contributed by atoms with E-state index in [0.717, 1.165) is 38.5 Å². The third-order valence-electron chi connectivity index (χ3n) is 13.2. The minimum atomic E-state index is -0.385. The van der Waals surface area contributed by atoms with Gasteiger partial charge in [0.25, 0.3) is 0 Å². The van der Waals surface area contributed by atoms with Crippen molar-refractivity contribution >= 4 is 5.97 Å². The Morgan fingerprint density at radius 2 is 0.582 bits per heavy atom. The van der Waals surface area contributed by atoms with E-state index in [-0.39, 0.29) is 5.97 Å². The molecule has 0 unspecified atom stereocenters. The van der Waals surface area contributed by atoms with E-state index in [2.05, 4.69) is 57.2 Å². The molecule has 0 saturated heterocycles. The molecule has 67 heavy (non-hydrogen) atoms. The molecule has 0 N–H and O–H groups in total. The number of carbonyl (C=O) groups is 1. The lowest BCUT2D eigenvalue weighted by Crippen LogP contribution is -2.09. The van der Waals surface area contributed by atoms with Crippen LogP contribution >= 0.6 is 0 Å². The monoisotopic (exact) mass is 935 g/mol. The summed E-state index contributed by atoms with van der Waals surface area (Å²) in [4.78, 5) is 12.8. The fraction of sp³-hybridized carbons (Fsp3) is 0.790. The lowest BCUT2D eigenvalue weighted by molar-refractivity contribution is 0.0599. The number of hydrogen-bond donors (Lipinski definition) is 0. The Hall–Kier alpha value is -2.69. The van der Waals surface area contributed by atoms with Crippen LogP contribution < -0.4 is 14.2 Å². The van der Waals surface area contributed by atoms with Crippen LogP contribution in [0.2, 0.25) is 0 Å². The maximum Gasteiger partial charge on any atom is 0.338 e. The zero-order chi connectivity index (χ0) is 48.2. The second kappa shape index (κ2) is 51.2. The summed E-state index contributed by atoms with van der Waals surface area (Å²) in [6.45, 7) is 8.63. The van der Waals surface area contributed by atoms with E-state index >= 15 is 0 Å². The largest absolute Gasteiger partial charge is 0.490 e. The molecule has 0 aromatic heterocycles. The second-order valence-corrected chi connectivity index (χ2v) is 19.7. The summed E-state index contributed by atoms with van der Waals surface area (Å²) in [7, 11) is 1.43. The summed E-state index contributed by atoms with van der Waals surface area (Å²) in [5, 5.41) is 0. The van der Waals surface area contributed by atoms with Crippen molar-refractivity contribution in [3.63, 3.8) is 0 Å². The van der Waals surface area contributed by atoms with Gasteiger partial charge < -0.3 is 18.9 Å². The van der Waals surface area contributed by atoms with Crippen molar-refractivity contribution in [1.82, 2.24) is 0 Å². The molecule has 0 aliphatic heterocycles. The maximum atomic E-state index is 12.8. The molecule has 0 heterocycles. The number of hydrogen-bond acceptors (Lipinski definition) is 5. The third-order valence-corrected chi connectivity index (χ3v) is 13.2. The van der Waals surface area contributed by atoms with Gasteiger partial charge in [-0.05, 0) is 108 Å². The summed E-state index contributed by atoms with van der Waals surface area (Å²) in [5.74, 6) is 1.44. The number of ether oxygens (including phenoxy) is 4. The van der Waals surface area contributed by atoms with Crippen LogP contribution in [0, 0.1) is 0 Å². The first-order valence-electron chi connectivity index (χ1n) is 29.3. The van der Waals surface area contributed by atoms with Gasteiger partial charge in [0, 0.05) is 0 Å². The molecular formula is C62H110O5. The predicted octanol–water partition coefficient (Wildman–Crippen LogP) is 20.7. The minimum Gasteiger partial charge on any atom is -0.490 e. The molecule has 0 radical (unpaired) electrons. The van der Waals surface area contributed by atoms with E-state index in [9.17, 15) is 4.79 Å². The van der Waals surface area contributed by atoms with Gasteiger partial charge >= 0.3 is 5.97 Å². The number of rotatable bonds is 52. The van der Waals surface area contributed by atoms with E-state index < -0.39 is 0 Å². The standard InChI is InChI=1S/C62H110O5/c1-5-8-11-14-17-20-23-26-29-32-35-38-41-44-47-50-53-65-59-56-58(62(63)64-4)57-60(66-54-51-48-45-42-39-36-33-30-27-24-21-18-15-12-9-6-2)61(59)67-55-52-49-46-43-40-37-34-31-28-25-22-19-16-13-10-7-3/h26-31,56-57H,5-25,32-55H2,1-4H3/b29-26-,30-27-,31-28-. The molecule has 1 rings (SSSR count). The Morgan fingerprint density at radius 3 is 0.851 bits per heavy atom. The van der Waals surface area contributed by atoms with Gasteiger partial charge in [0.05, 0.1) is 32.5 Å². The zero-order valence-corrected chi connectivity index (χ0v) is 45.0. The van der Waals surface area contributed by atoms with Gasteiger partial charge in [-0.15, -0.1) is 0 Å². The summed E-state index contributed by atoms with van der Waals surface area (Å²) in [6, 6.07) is 3.58. The molecule has 1 aromatic rings. The second-order valence-electron chi connectivity index (χ2n) is 19.7. The summed E-state index contributed by atoms with van der Waals surface area (Å²) in [6.07, 6.45) is 68.0. The predicted molar refractivity (Wildman–Crippen MR) is 293 cm³/mol. The average Bonchev–Trinajstić information content (AvgIpc) is 3.34. The highest BCUT2D eigenvalue weighted by atomic mass is 16.5. The molecule has 0 amide bonds. The molecule has 0 bridgehead atoms. The Morgan fingerprint density at radius 1 is 0.343 bits per heavy atom. The van der Waals surface area contributed by atoms with Crippen LogP contribution in [0.25, 0.3) is 0 Å². The van der Waals surface area contributed by atoms with Crippen molar-refractivity contribution in [2.45, 2.75) is 290 Å². The fourth-order valence-corrected chi connectivity index (χ4v) is 8.76. The molecular weight excluding hydrogens is 825 g/mol. The number of allylic oxidation sites excluding steroid dienone is 6. The van der Waals surface area contributed by atoms with E-state index in [1.807, 2.05) is 0 Å². The molecule has 0 fully saturated rings. The minimum absolute atomic E-state index is 0.385. The van der Waals surface area contributed by atoms with E-state index in [1.165, 1.54) is 238 Å². The highest BCUT2D eigenvalue weighted by Gasteiger charge is 2.19. The molecule has 0 saturated carbocycles. The van der Waals surface area contributed by atoms with Crippen molar-refractivity contribution in [3.8, 4) is 17.2 Å². The van der Waals surface area contributed by atoms with Crippen LogP contribution in [-0.2, 0) is 4.74 Å². The number of methoxy groups -OCH3 is 1. The van der Waals surface area contributed by atoms with E-state index in [0.29, 0.717) is 42.6 Å². The molecule has 0 spiro atoms. The van der Waals surface area contributed by atoms with Crippen molar-refractivity contribution in [2.75, 3.05) is 26.9 Å². The van der Waals surface area contributed by atoms with Crippen LogP contribution in [0.5, 0.6) is 17.2 Å². The third kappa shape index (κ3) is 40.9. The van der Waals surface area contributed by atoms with Crippen LogP contribution in [-0.4, -0.2) is 32.9 Å². The van der Waals surface area contributed by atoms with Crippen LogP contribution in [0.15, 0.2) is 48.6 Å². The zero-order valence-electron chi connectivity index (χ0n) is 45.0. The molecule has 5 heteroatoms. The Kier molecular flexibility index (Phi) is 47.6. The Bertz CT molecular complexity index is 1220. The summed E-state index contributed by atoms with van der Waals surface area (Å²) < 4.78 is 24.5. The highest BCUT2D eigenvalue weighted by molar-refractivity contribution is 5.91. The molecule has 5 nitrogen and oxygen atoms in total. The van der Waals surface area contributed by atoms with Crippen LogP contribution in [0.3, 0.4) is 0 Å². The number of unbranched alkanes of at least 4 members (excludes halogenated alkanes) is 36. The summed E-state index contributed by atoms with van der Waals surface area (Å²) in [5.41, 5.74) is 0.444. The number of benzene rings is 1. The smallest absolute Gasteiger partial charge is 0.338 e. The van der Waals surface area contributed by atoms with E-state index in [1.54, 1.807) is 12.1 Å². The first-order chi connectivity index (χ1) is 33.2. The van der Waals surface area contributed by atoms with Crippen molar-refractivity contribution < 1.29 is 23.7 Å². The number of carbonyl (C=O) groups excluding carboxylic acids is 1. The average molecular weight is 936 g/mol. The normalized spacial score (nSPS) is 11.8. The topological polar surface area (TPSA) is 54.0 Å². The van der Waals surface area contributed by atoms with E-state index in [4.69, 9.17) is 18.9 Å². The van der Waals surface area contributed by atoms with Crippen LogP contribution in [0.1, 0.15) is 301 Å². The van der Waals surface area contributed by atoms with Crippen molar-refractivity contribution in [2.24, 2.45) is 0 Å². The van der Waals surface area contributed by atoms with Gasteiger partial charge in [-0.3, -0.25) is 0 Å². The summed E-state index contributed by atoms with van der Waals surface area (Å²) >= 11 is 0. The van der Waals surface area contributed by atoms with Gasteiger partial charge in [-0.25, -0.2) is 4.79 Å². The Balaban J connectivity index is 2.57. The van der Waals surface area contributed by atoms with Crippen LogP contribution in [0.4, 0.5) is 0 Å². The molecule has 0 aliphatic rings. The molecule has 0 aliphatic carbocycles. The first-order valence-corrected chi connectivity index (χ1v) is 29.3. The van der Waals surface area contributed by atoms with Gasteiger partial charge in [-0.2, -0.15) is 0 Å². The molecule has 1 aromatic carbocycles. The molecule has 0 atom stereocenters. The van der Waals surface area contributed by atoms with Gasteiger partial charge in [0.2, 0.25) is 5.75 Å². The van der Waals surface area contributed by atoms with Gasteiger partial charge in [0.15, 0.2) is 11.5 Å². The Labute approximate surface area is 416 Å². The van der Waals surface area contributed by atoms with Crippen molar-refractivity contribution in [3.05, 3.63) is 54.2 Å². The SMILES string of the molecule is CCCCCCCC/C=C\CCCCCCCCOc1cc(C(=O)OC)cc(OCCCCCCCC/C=C\CCCCCCCC)c1OCCCCCCCC/C=C\CCCCCCCC. The lowest BCUT2D eigenvalue weighted by atomic mass is 10.1. The van der Waals surface area contributed by atoms with Crippen molar-refractivity contribution in [1.29, 1.82) is 0 Å². The molecule has 388 valence electrons. The highest BCUT2D eigenvalue weighted by Crippen LogP contribution is 2.40. The number of esters is 1. The van der Waals surface area contributed by atoms with Gasteiger partial charge in [-0.1, -0.05) is 231 Å². The lowest BCUT2D eigenvalue weighted by Gasteiger charge is -2.18. The quantitative estimate of drug-likeness (QED) is 0.0370. The van der Waals surface area contributed by atoms with Gasteiger partial charge in [0.1, 0.15) is 0 Å². The maximum absolute atomic E-state index is 12.8. The first kappa shape index (κ1) is 62.3. The fourth-order valence-electron chi connectivity index (χ4n) is 8.76.